The van der Waals surface area contributed by atoms with Crippen molar-refractivity contribution in [3.8, 4) is 11.5 Å². The van der Waals surface area contributed by atoms with Crippen LogP contribution in [0.25, 0.3) is 6.08 Å². The Bertz CT molecular complexity index is 689. The van der Waals surface area contributed by atoms with Gasteiger partial charge in [-0.25, -0.2) is 4.79 Å². The Labute approximate surface area is 127 Å². The molecule has 0 saturated carbocycles. The summed E-state index contributed by atoms with van der Waals surface area (Å²) in [4.78, 5) is 25.2. The lowest BCUT2D eigenvalue weighted by Crippen LogP contribution is -2.12. The zero-order valence-corrected chi connectivity index (χ0v) is 11.9. The van der Waals surface area contributed by atoms with Crippen LogP contribution in [-0.2, 0) is 4.79 Å². The predicted molar refractivity (Wildman–Crippen MR) is 80.3 cm³/mol. The van der Waals surface area contributed by atoms with Gasteiger partial charge in [-0.15, -0.1) is 0 Å². The Morgan fingerprint density at radius 2 is 2.09 bits per heavy atom. The summed E-state index contributed by atoms with van der Waals surface area (Å²) in [5.41, 5.74) is 1.13. The van der Waals surface area contributed by atoms with Crippen LogP contribution >= 0.6 is 0 Å². The molecule has 0 unspecified atom stereocenters. The Morgan fingerprint density at radius 3 is 2.73 bits per heavy atom. The summed E-state index contributed by atoms with van der Waals surface area (Å²) in [5, 5.41) is 8.61. The lowest BCUT2D eigenvalue weighted by Gasteiger charge is -2.10. The quantitative estimate of drug-likeness (QED) is 0.605. The largest absolute Gasteiger partial charge is 0.493 e. The number of H-pyrrole nitrogens is 1. The number of ether oxygens (including phenoxy) is 2. The van der Waals surface area contributed by atoms with Crippen LogP contribution < -0.4 is 9.47 Å². The van der Waals surface area contributed by atoms with Crippen molar-refractivity contribution in [2.75, 3.05) is 13.7 Å². The van der Waals surface area contributed by atoms with E-state index >= 15 is 0 Å². The van der Waals surface area contributed by atoms with E-state index in [0.717, 1.165) is 6.08 Å². The Hall–Kier alpha value is -3.02. The number of carboxylic acid groups (broad SMARTS) is 1. The zero-order valence-electron chi connectivity index (χ0n) is 11.9. The van der Waals surface area contributed by atoms with Crippen LogP contribution in [0.5, 0.6) is 11.5 Å². The van der Waals surface area contributed by atoms with Crippen LogP contribution in [0.4, 0.5) is 0 Å². The number of benzene rings is 1. The molecule has 114 valence electrons. The Balaban J connectivity index is 2.07. The molecule has 0 aliphatic rings. The van der Waals surface area contributed by atoms with Gasteiger partial charge in [0.05, 0.1) is 12.8 Å². The minimum atomic E-state index is -1.03. The standard InChI is InChI=1S/C16H15NO5/c1-21-15-9-11(5-7-16(19)20)4-6-14(15)22-10-13(18)12-3-2-8-17-12/h2-9,17H,10H2,1H3,(H,19,20)/b7-5-. The molecule has 0 aliphatic heterocycles. The number of Topliss-reactive ketones (excluding diaryl/α,β-unsaturated/α-hetero) is 1. The molecule has 0 bridgehead atoms. The van der Waals surface area contributed by atoms with E-state index in [1.807, 2.05) is 0 Å². The third-order valence-electron chi connectivity index (χ3n) is 2.86. The van der Waals surface area contributed by atoms with Gasteiger partial charge in [0.2, 0.25) is 5.78 Å². The van der Waals surface area contributed by atoms with Crippen molar-refractivity contribution in [2.45, 2.75) is 0 Å². The molecule has 0 fully saturated rings. The summed E-state index contributed by atoms with van der Waals surface area (Å²) in [5.74, 6) is -0.376. The maximum Gasteiger partial charge on any atom is 0.328 e. The molecule has 1 aromatic heterocycles. The molecule has 6 nitrogen and oxygen atoms in total. The highest BCUT2D eigenvalue weighted by molar-refractivity contribution is 5.95. The first kappa shape index (κ1) is 15.4. The highest BCUT2D eigenvalue weighted by atomic mass is 16.5. The first-order chi connectivity index (χ1) is 10.6. The first-order valence-electron chi connectivity index (χ1n) is 6.48. The number of aromatic amines is 1. The fourth-order valence-corrected chi connectivity index (χ4v) is 1.80. The number of carbonyl (C=O) groups is 2. The van der Waals surface area contributed by atoms with Crippen molar-refractivity contribution in [3.63, 3.8) is 0 Å². The summed E-state index contributed by atoms with van der Waals surface area (Å²) < 4.78 is 10.6. The van der Waals surface area contributed by atoms with E-state index in [-0.39, 0.29) is 12.4 Å². The smallest absolute Gasteiger partial charge is 0.328 e. The highest BCUT2D eigenvalue weighted by Crippen LogP contribution is 2.28. The zero-order chi connectivity index (χ0) is 15.9. The summed E-state index contributed by atoms with van der Waals surface area (Å²) >= 11 is 0. The Morgan fingerprint density at radius 1 is 1.27 bits per heavy atom. The number of ketones is 1. The molecule has 2 aromatic rings. The number of carboxylic acids is 1. The van der Waals surface area contributed by atoms with E-state index in [2.05, 4.69) is 4.98 Å². The van der Waals surface area contributed by atoms with Gasteiger partial charge in [-0.3, -0.25) is 4.79 Å². The van der Waals surface area contributed by atoms with E-state index in [4.69, 9.17) is 14.6 Å². The van der Waals surface area contributed by atoms with Gasteiger partial charge in [-0.05, 0) is 35.9 Å². The van der Waals surface area contributed by atoms with Gasteiger partial charge in [0.15, 0.2) is 18.1 Å². The van der Waals surface area contributed by atoms with Gasteiger partial charge in [-0.1, -0.05) is 6.07 Å². The summed E-state index contributed by atoms with van der Waals surface area (Å²) in [6.45, 7) is -0.124. The molecule has 0 amide bonds. The van der Waals surface area contributed by atoms with Crippen LogP contribution in [0.3, 0.4) is 0 Å². The molecule has 22 heavy (non-hydrogen) atoms. The van der Waals surface area contributed by atoms with Crippen LogP contribution in [-0.4, -0.2) is 35.6 Å². The number of rotatable bonds is 7. The summed E-state index contributed by atoms with van der Waals surface area (Å²) in [7, 11) is 1.47. The first-order valence-corrected chi connectivity index (χ1v) is 6.48. The van der Waals surface area contributed by atoms with Gasteiger partial charge >= 0.3 is 5.97 Å². The third-order valence-corrected chi connectivity index (χ3v) is 2.86. The number of hydrogen-bond acceptors (Lipinski definition) is 4. The van der Waals surface area contributed by atoms with Crippen LogP contribution in [0.15, 0.2) is 42.6 Å². The number of aromatic nitrogens is 1. The molecule has 0 aliphatic carbocycles. The lowest BCUT2D eigenvalue weighted by atomic mass is 10.2. The van der Waals surface area contributed by atoms with E-state index < -0.39 is 5.97 Å². The van der Waals surface area contributed by atoms with Gasteiger partial charge in [0.25, 0.3) is 0 Å². The van der Waals surface area contributed by atoms with Crippen molar-refractivity contribution < 1.29 is 24.2 Å². The monoisotopic (exact) mass is 301 g/mol. The van der Waals surface area contributed by atoms with Gasteiger partial charge < -0.3 is 19.6 Å². The normalized spacial score (nSPS) is 10.6. The fraction of sp³-hybridized carbons (Fsp3) is 0.125. The van der Waals surface area contributed by atoms with E-state index in [1.54, 1.807) is 36.5 Å². The number of carbonyl (C=O) groups excluding carboxylic acids is 1. The molecule has 1 heterocycles. The number of aliphatic carboxylic acids is 1. The van der Waals surface area contributed by atoms with Crippen LogP contribution in [0, 0.1) is 0 Å². The minimum Gasteiger partial charge on any atom is -0.493 e. The second-order valence-corrected chi connectivity index (χ2v) is 4.38. The van der Waals surface area contributed by atoms with Crippen LogP contribution in [0.1, 0.15) is 16.1 Å². The lowest BCUT2D eigenvalue weighted by molar-refractivity contribution is -0.131. The average Bonchev–Trinajstić information content (AvgIpc) is 3.05. The number of nitrogens with one attached hydrogen (secondary N) is 1. The van der Waals surface area contributed by atoms with E-state index in [1.165, 1.54) is 13.2 Å². The number of hydrogen-bond donors (Lipinski definition) is 2. The van der Waals surface area contributed by atoms with Crippen LogP contribution in [0.2, 0.25) is 0 Å². The summed E-state index contributed by atoms with van der Waals surface area (Å²) in [6.07, 6.45) is 4.14. The maximum atomic E-state index is 11.8. The van der Waals surface area contributed by atoms with Gasteiger partial charge in [0.1, 0.15) is 0 Å². The third kappa shape index (κ3) is 3.99. The molecule has 2 N–H and O–H groups in total. The molecule has 0 atom stereocenters. The van der Waals surface area contributed by atoms with Crippen molar-refractivity contribution in [2.24, 2.45) is 0 Å². The predicted octanol–water partition coefficient (Wildman–Crippen LogP) is 2.38. The van der Waals surface area contributed by atoms with Crippen molar-refractivity contribution in [1.82, 2.24) is 4.98 Å². The summed E-state index contributed by atoms with van der Waals surface area (Å²) in [6, 6.07) is 8.34. The van der Waals surface area contributed by atoms with Gasteiger partial charge in [-0.2, -0.15) is 0 Å². The second-order valence-electron chi connectivity index (χ2n) is 4.38. The van der Waals surface area contributed by atoms with Crippen molar-refractivity contribution in [1.29, 1.82) is 0 Å². The molecule has 0 spiro atoms. The van der Waals surface area contributed by atoms with E-state index in [0.29, 0.717) is 22.8 Å². The minimum absolute atomic E-state index is 0.124. The highest BCUT2D eigenvalue weighted by Gasteiger charge is 2.10. The second kappa shape index (κ2) is 7.12. The topological polar surface area (TPSA) is 88.6 Å². The molecule has 6 heteroatoms. The maximum absolute atomic E-state index is 11.8. The Kier molecular flexibility index (Phi) is 4.98. The average molecular weight is 301 g/mol. The van der Waals surface area contributed by atoms with E-state index in [9.17, 15) is 9.59 Å². The molecule has 1 aromatic carbocycles. The molecular weight excluding hydrogens is 286 g/mol. The van der Waals surface area contributed by atoms with Gasteiger partial charge in [0, 0.05) is 12.3 Å². The SMILES string of the molecule is COc1cc(/C=C\C(=O)O)ccc1OCC(=O)c1ccc[nH]1. The molecular formula is C16H15NO5. The molecule has 0 radical (unpaired) electrons. The van der Waals surface area contributed by atoms with Crippen molar-refractivity contribution >= 4 is 17.8 Å². The van der Waals surface area contributed by atoms with Crippen molar-refractivity contribution in [3.05, 3.63) is 53.9 Å². The molecule has 2 rings (SSSR count). The molecule has 0 saturated heterocycles. The fourth-order valence-electron chi connectivity index (χ4n) is 1.80. The number of methoxy groups -OCH3 is 1.